The zero-order valence-electron chi connectivity index (χ0n) is 19.1. The minimum Gasteiger partial charge on any atom is -0.489 e. The van der Waals surface area contributed by atoms with Gasteiger partial charge in [0.05, 0.1) is 5.56 Å². The molecular weight excluding hydrogens is 455 g/mol. The van der Waals surface area contributed by atoms with E-state index in [1.54, 1.807) is 6.07 Å². The normalized spacial score (nSPS) is 21.4. The van der Waals surface area contributed by atoms with Gasteiger partial charge in [0.2, 0.25) is 5.91 Å². The molecule has 1 atom stereocenters. The molecule has 1 fully saturated rings. The fraction of sp³-hybridized carbons (Fsp3) is 0.522. The van der Waals surface area contributed by atoms with Crippen LogP contribution >= 0.6 is 0 Å². The summed E-state index contributed by atoms with van der Waals surface area (Å²) in [6.07, 6.45) is 0.191. The number of benzene rings is 1. The lowest BCUT2D eigenvalue weighted by atomic mass is 9.78. The van der Waals surface area contributed by atoms with Gasteiger partial charge in [-0.25, -0.2) is 4.79 Å². The van der Waals surface area contributed by atoms with Crippen LogP contribution in [-0.2, 0) is 9.59 Å². The van der Waals surface area contributed by atoms with Crippen LogP contribution in [0.25, 0.3) is 0 Å². The van der Waals surface area contributed by atoms with Gasteiger partial charge >= 0.3 is 12.1 Å². The number of carboxylic acids is 1. The average Bonchev–Trinajstić information content (AvgIpc) is 2.72. The third-order valence-electron chi connectivity index (χ3n) is 5.28. The van der Waals surface area contributed by atoms with Crippen molar-refractivity contribution in [3.63, 3.8) is 0 Å². The molecule has 2 amide bonds. The Morgan fingerprint density at radius 1 is 1.24 bits per heavy atom. The third-order valence-corrected chi connectivity index (χ3v) is 5.28. The second-order valence-electron chi connectivity index (χ2n) is 8.76. The van der Waals surface area contributed by atoms with Crippen molar-refractivity contribution in [3.05, 3.63) is 42.0 Å². The van der Waals surface area contributed by atoms with Crippen molar-refractivity contribution in [3.8, 4) is 5.75 Å². The molecule has 1 aromatic rings. The Labute approximate surface area is 195 Å². The zero-order valence-corrected chi connectivity index (χ0v) is 19.1. The molecule has 0 bridgehead atoms. The highest BCUT2D eigenvalue weighted by Crippen LogP contribution is 2.29. The number of carbonyl (C=O) groups excluding carboxylic acids is 2. The van der Waals surface area contributed by atoms with E-state index < -0.39 is 12.1 Å². The number of fused-ring (bicyclic) bond motifs is 1. The molecule has 2 aliphatic rings. The average molecular weight is 486 g/mol. The van der Waals surface area contributed by atoms with Crippen LogP contribution in [0.5, 0.6) is 5.75 Å². The van der Waals surface area contributed by atoms with Gasteiger partial charge in [-0.1, -0.05) is 38.1 Å². The largest absolute Gasteiger partial charge is 0.490 e. The van der Waals surface area contributed by atoms with Gasteiger partial charge in [-0.05, 0) is 24.5 Å². The Morgan fingerprint density at radius 2 is 1.88 bits per heavy atom. The first-order chi connectivity index (χ1) is 15.9. The van der Waals surface area contributed by atoms with E-state index in [1.807, 2.05) is 24.3 Å². The zero-order chi connectivity index (χ0) is 25.4. The van der Waals surface area contributed by atoms with Crippen molar-refractivity contribution in [2.24, 2.45) is 11.3 Å². The molecule has 188 valence electrons. The Morgan fingerprint density at radius 3 is 2.44 bits per heavy atom. The number of amides is 2. The van der Waals surface area contributed by atoms with Gasteiger partial charge in [0.15, 0.2) is 0 Å². The van der Waals surface area contributed by atoms with E-state index in [9.17, 15) is 22.8 Å². The number of carboxylic acid groups (broad SMARTS) is 1. The summed E-state index contributed by atoms with van der Waals surface area (Å²) >= 11 is 0. The molecule has 11 heteroatoms. The summed E-state index contributed by atoms with van der Waals surface area (Å²) in [5.41, 5.74) is 0.362. The van der Waals surface area contributed by atoms with Gasteiger partial charge in [0.25, 0.3) is 5.91 Å². The fourth-order valence-corrected chi connectivity index (χ4v) is 3.64. The first kappa shape index (κ1) is 27.2. The summed E-state index contributed by atoms with van der Waals surface area (Å²) in [5, 5.41) is 16.5. The third kappa shape index (κ3) is 8.36. The van der Waals surface area contributed by atoms with Crippen molar-refractivity contribution in [2.75, 3.05) is 26.2 Å². The van der Waals surface area contributed by atoms with Crippen LogP contribution in [0, 0.1) is 11.3 Å². The van der Waals surface area contributed by atoms with Crippen LogP contribution in [0.15, 0.2) is 36.4 Å². The molecule has 0 unspecified atom stereocenters. The van der Waals surface area contributed by atoms with Crippen molar-refractivity contribution < 1.29 is 37.4 Å². The number of para-hydroxylation sites is 1. The van der Waals surface area contributed by atoms with Gasteiger partial charge in [0.1, 0.15) is 12.4 Å². The molecule has 0 aliphatic carbocycles. The number of ether oxygens (including phenoxy) is 1. The molecule has 3 rings (SSSR count). The topological polar surface area (TPSA) is 117 Å². The molecule has 2 heterocycles. The molecular formula is C23H30F3N3O5. The summed E-state index contributed by atoms with van der Waals surface area (Å²) in [4.78, 5) is 34.1. The maximum Gasteiger partial charge on any atom is 0.490 e. The molecule has 4 N–H and O–H groups in total. The van der Waals surface area contributed by atoms with Gasteiger partial charge in [-0.3, -0.25) is 9.59 Å². The van der Waals surface area contributed by atoms with Crippen LogP contribution in [0.3, 0.4) is 0 Å². The van der Waals surface area contributed by atoms with Gasteiger partial charge in [0, 0.05) is 37.5 Å². The van der Waals surface area contributed by atoms with E-state index in [0.29, 0.717) is 36.8 Å². The smallest absolute Gasteiger partial charge is 0.489 e. The highest BCUT2D eigenvalue weighted by atomic mass is 19.4. The quantitative estimate of drug-likeness (QED) is 0.479. The van der Waals surface area contributed by atoms with E-state index in [2.05, 4.69) is 35.9 Å². The fourth-order valence-electron chi connectivity index (χ4n) is 3.64. The predicted molar refractivity (Wildman–Crippen MR) is 118 cm³/mol. The van der Waals surface area contributed by atoms with Crippen molar-refractivity contribution in [2.45, 2.75) is 38.9 Å². The SMILES string of the molecule is CC(C)C[C@H]1CNC(=O)c2ccccc2OC/C=C/C2(CNC2)CC(=O)N1.O=C(O)C(F)(F)F. The molecule has 1 spiro atoms. The van der Waals surface area contributed by atoms with Crippen molar-refractivity contribution >= 4 is 17.8 Å². The van der Waals surface area contributed by atoms with Crippen LogP contribution < -0.4 is 20.7 Å². The van der Waals surface area contributed by atoms with Crippen LogP contribution in [0.1, 0.15) is 37.0 Å². The van der Waals surface area contributed by atoms with Crippen LogP contribution in [0.4, 0.5) is 13.2 Å². The first-order valence-corrected chi connectivity index (χ1v) is 10.9. The van der Waals surface area contributed by atoms with Gasteiger partial charge in [-0.15, -0.1) is 0 Å². The number of hydrogen-bond acceptors (Lipinski definition) is 5. The maximum atomic E-state index is 12.6. The second-order valence-corrected chi connectivity index (χ2v) is 8.76. The number of aliphatic carboxylic acids is 1. The van der Waals surface area contributed by atoms with E-state index in [4.69, 9.17) is 14.6 Å². The molecule has 0 radical (unpaired) electrons. The monoisotopic (exact) mass is 485 g/mol. The van der Waals surface area contributed by atoms with Crippen molar-refractivity contribution in [1.29, 1.82) is 0 Å². The molecule has 0 saturated carbocycles. The summed E-state index contributed by atoms with van der Waals surface area (Å²) < 4.78 is 37.6. The molecule has 1 saturated heterocycles. The highest BCUT2D eigenvalue weighted by molar-refractivity contribution is 5.97. The minimum atomic E-state index is -5.08. The lowest BCUT2D eigenvalue weighted by Crippen LogP contribution is -2.55. The number of alkyl halides is 3. The lowest BCUT2D eigenvalue weighted by Gasteiger charge is -2.40. The molecule has 34 heavy (non-hydrogen) atoms. The number of halogens is 3. The molecule has 1 aromatic carbocycles. The molecule has 8 nitrogen and oxygen atoms in total. The highest BCUT2D eigenvalue weighted by Gasteiger charge is 2.38. The van der Waals surface area contributed by atoms with Crippen LogP contribution in [0.2, 0.25) is 0 Å². The van der Waals surface area contributed by atoms with E-state index in [-0.39, 0.29) is 23.3 Å². The summed E-state index contributed by atoms with van der Waals surface area (Å²) in [6, 6.07) is 7.16. The van der Waals surface area contributed by atoms with E-state index in [1.165, 1.54) is 0 Å². The minimum absolute atomic E-state index is 0.0272. The number of carbonyl (C=O) groups is 3. The van der Waals surface area contributed by atoms with E-state index >= 15 is 0 Å². The number of nitrogens with one attached hydrogen (secondary N) is 3. The van der Waals surface area contributed by atoms with E-state index in [0.717, 1.165) is 19.5 Å². The first-order valence-electron chi connectivity index (χ1n) is 10.9. The predicted octanol–water partition coefficient (Wildman–Crippen LogP) is 2.51. The van der Waals surface area contributed by atoms with Crippen LogP contribution in [-0.4, -0.2) is 61.3 Å². The Hall–Kier alpha value is -3.08. The Balaban J connectivity index is 0.000000509. The number of rotatable bonds is 2. The molecule has 2 aliphatic heterocycles. The lowest BCUT2D eigenvalue weighted by molar-refractivity contribution is -0.192. The standard InChI is InChI=1S/C21H29N3O3.C2HF3O2/c1-15(2)10-16-12-23-20(26)17-6-3-4-7-18(17)27-9-5-8-21(13-22-14-21)11-19(25)24-16;3-2(4,5)1(6)7/h3-8,15-16,22H,9-14H2,1-2H3,(H,23,26)(H,24,25);(H,6,7)/b8-5+;/t16-;/m0./s1. The second kappa shape index (κ2) is 11.9. The Kier molecular flexibility index (Phi) is 9.48. The van der Waals surface area contributed by atoms with Gasteiger partial charge in [-0.2, -0.15) is 13.2 Å². The molecule has 0 aromatic heterocycles. The maximum absolute atomic E-state index is 12.6. The summed E-state index contributed by atoms with van der Waals surface area (Å²) in [5.74, 6) is -1.93. The van der Waals surface area contributed by atoms with Gasteiger partial charge < -0.3 is 25.8 Å². The summed E-state index contributed by atoms with van der Waals surface area (Å²) in [6.45, 7) is 6.57. The van der Waals surface area contributed by atoms with Crippen molar-refractivity contribution in [1.82, 2.24) is 16.0 Å². The Bertz CT molecular complexity index is 898. The summed E-state index contributed by atoms with van der Waals surface area (Å²) in [7, 11) is 0. The number of hydrogen-bond donors (Lipinski definition) is 4.